The lowest BCUT2D eigenvalue weighted by Crippen LogP contribution is -2.28. The van der Waals surface area contributed by atoms with E-state index in [1.54, 1.807) is 26.2 Å². The van der Waals surface area contributed by atoms with Crippen LogP contribution in [0.1, 0.15) is 6.42 Å². The molecule has 1 heterocycles. The van der Waals surface area contributed by atoms with Crippen molar-refractivity contribution >= 4 is 22.5 Å². The molecule has 0 bridgehead atoms. The van der Waals surface area contributed by atoms with Crippen LogP contribution < -0.4 is 11.3 Å². The summed E-state index contributed by atoms with van der Waals surface area (Å²) in [6.07, 6.45) is 0.259. The summed E-state index contributed by atoms with van der Waals surface area (Å²) < 4.78 is 1.45. The van der Waals surface area contributed by atoms with Crippen LogP contribution in [-0.2, 0) is 11.3 Å². The van der Waals surface area contributed by atoms with Gasteiger partial charge in [0.2, 0.25) is 5.91 Å². The highest BCUT2D eigenvalue weighted by molar-refractivity contribution is 5.83. The maximum absolute atomic E-state index is 12.3. The number of hydrogen-bond acceptors (Lipinski definition) is 3. The second kappa shape index (κ2) is 5.14. The van der Waals surface area contributed by atoms with Crippen LogP contribution in [0, 0.1) is 0 Å². The first kappa shape index (κ1) is 13.1. The molecule has 0 aliphatic carbocycles. The summed E-state index contributed by atoms with van der Waals surface area (Å²) in [5.74, 6) is 0.356. The Morgan fingerprint density at radius 1 is 1.32 bits per heavy atom. The van der Waals surface area contributed by atoms with Crippen molar-refractivity contribution in [2.75, 3.05) is 19.8 Å². The van der Waals surface area contributed by atoms with E-state index in [4.69, 9.17) is 5.73 Å². The van der Waals surface area contributed by atoms with Crippen LogP contribution in [0.25, 0.3) is 10.8 Å². The van der Waals surface area contributed by atoms with Gasteiger partial charge in [-0.2, -0.15) is 0 Å². The summed E-state index contributed by atoms with van der Waals surface area (Å²) in [7, 11) is 3.38. The molecule has 2 N–H and O–H groups in total. The Bertz CT molecular complexity index is 674. The molecule has 1 aromatic carbocycles. The molecule has 0 fully saturated rings. The lowest BCUT2D eigenvalue weighted by Gasteiger charge is -2.13. The van der Waals surface area contributed by atoms with Gasteiger partial charge >= 0.3 is 0 Å². The molecule has 0 saturated heterocycles. The normalized spacial score (nSPS) is 10.6. The lowest BCUT2D eigenvalue weighted by atomic mass is 10.1. The molecule has 2 rings (SSSR count). The van der Waals surface area contributed by atoms with Gasteiger partial charge in [-0.1, -0.05) is 18.2 Å². The monoisotopic (exact) mass is 259 g/mol. The molecule has 100 valence electrons. The summed E-state index contributed by atoms with van der Waals surface area (Å²) >= 11 is 0. The molecule has 0 radical (unpaired) electrons. The number of nitrogens with two attached hydrogens (primary N) is 1. The first-order valence-electron chi connectivity index (χ1n) is 6.09. The van der Waals surface area contributed by atoms with Gasteiger partial charge in [0.25, 0.3) is 5.56 Å². The van der Waals surface area contributed by atoms with Crippen molar-refractivity contribution in [3.63, 3.8) is 0 Å². The third-order valence-electron chi connectivity index (χ3n) is 3.10. The van der Waals surface area contributed by atoms with Crippen LogP contribution in [-0.4, -0.2) is 29.5 Å². The third kappa shape index (κ3) is 2.59. The molecule has 5 nitrogen and oxygen atoms in total. The number of carbonyl (C=O) groups is 1. The van der Waals surface area contributed by atoms with Gasteiger partial charge in [0, 0.05) is 32.4 Å². The van der Waals surface area contributed by atoms with E-state index in [1.165, 1.54) is 9.47 Å². The van der Waals surface area contributed by atoms with Crippen molar-refractivity contribution < 1.29 is 4.79 Å². The number of hydrogen-bond donors (Lipinski definition) is 1. The summed E-state index contributed by atoms with van der Waals surface area (Å²) in [4.78, 5) is 25.4. The van der Waals surface area contributed by atoms with E-state index in [1.807, 2.05) is 18.2 Å². The van der Waals surface area contributed by atoms with E-state index in [-0.39, 0.29) is 17.9 Å². The van der Waals surface area contributed by atoms with Crippen molar-refractivity contribution in [2.24, 2.45) is 0 Å². The number of anilines is 1. The molecule has 0 aliphatic heterocycles. The Morgan fingerprint density at radius 3 is 2.68 bits per heavy atom. The van der Waals surface area contributed by atoms with Crippen molar-refractivity contribution in [3.05, 3.63) is 40.7 Å². The van der Waals surface area contributed by atoms with Crippen LogP contribution >= 0.6 is 0 Å². The predicted molar refractivity (Wildman–Crippen MR) is 75.9 cm³/mol. The molecule has 0 unspecified atom stereocenters. The fourth-order valence-electron chi connectivity index (χ4n) is 1.98. The van der Waals surface area contributed by atoms with Gasteiger partial charge in [-0.3, -0.25) is 14.2 Å². The summed E-state index contributed by atoms with van der Waals surface area (Å²) in [5.41, 5.74) is 5.74. The molecular weight excluding hydrogens is 242 g/mol. The molecule has 19 heavy (non-hydrogen) atoms. The average Bonchev–Trinajstić information content (AvgIpc) is 2.38. The smallest absolute Gasteiger partial charge is 0.259 e. The average molecular weight is 259 g/mol. The highest BCUT2D eigenvalue weighted by Gasteiger charge is 2.09. The molecule has 5 heteroatoms. The van der Waals surface area contributed by atoms with E-state index >= 15 is 0 Å². The van der Waals surface area contributed by atoms with Gasteiger partial charge in [-0.05, 0) is 17.5 Å². The summed E-state index contributed by atoms with van der Waals surface area (Å²) in [6, 6.07) is 9.05. The molecule has 0 saturated carbocycles. The Hall–Kier alpha value is -2.30. The van der Waals surface area contributed by atoms with Gasteiger partial charge in [0.1, 0.15) is 5.82 Å². The van der Waals surface area contributed by atoms with Crippen molar-refractivity contribution in [3.8, 4) is 0 Å². The number of carbonyl (C=O) groups excluding carboxylic acids is 1. The predicted octanol–water partition coefficient (Wildman–Crippen LogP) is 1.06. The van der Waals surface area contributed by atoms with Gasteiger partial charge in [-0.15, -0.1) is 0 Å². The van der Waals surface area contributed by atoms with E-state index in [2.05, 4.69) is 0 Å². The number of benzene rings is 1. The fraction of sp³-hybridized carbons (Fsp3) is 0.286. The van der Waals surface area contributed by atoms with Crippen molar-refractivity contribution in [1.29, 1.82) is 0 Å². The Balaban J connectivity index is 2.38. The second-order valence-corrected chi connectivity index (χ2v) is 4.65. The van der Waals surface area contributed by atoms with Crippen LogP contribution in [0.5, 0.6) is 0 Å². The van der Waals surface area contributed by atoms with Gasteiger partial charge in [-0.25, -0.2) is 0 Å². The number of fused-ring (bicyclic) bond motifs is 1. The molecule has 2 aromatic rings. The number of aromatic nitrogens is 1. The highest BCUT2D eigenvalue weighted by Crippen LogP contribution is 2.13. The SMILES string of the molecule is CN(C)C(=O)CCn1c(N)cc2ccccc2c1=O. The fourth-order valence-corrected chi connectivity index (χ4v) is 1.98. The third-order valence-corrected chi connectivity index (χ3v) is 3.10. The minimum absolute atomic E-state index is 0.0283. The minimum atomic E-state index is -0.151. The Kier molecular flexibility index (Phi) is 3.55. The number of nitrogens with zero attached hydrogens (tertiary/aromatic N) is 2. The van der Waals surface area contributed by atoms with Crippen LogP contribution in [0.15, 0.2) is 35.1 Å². The first-order valence-corrected chi connectivity index (χ1v) is 6.09. The Morgan fingerprint density at radius 2 is 2.00 bits per heavy atom. The maximum atomic E-state index is 12.3. The second-order valence-electron chi connectivity index (χ2n) is 4.65. The zero-order chi connectivity index (χ0) is 14.0. The lowest BCUT2D eigenvalue weighted by molar-refractivity contribution is -0.128. The molecule has 0 atom stereocenters. The van der Waals surface area contributed by atoms with E-state index < -0.39 is 0 Å². The zero-order valence-corrected chi connectivity index (χ0v) is 11.1. The number of amides is 1. The van der Waals surface area contributed by atoms with Crippen LogP contribution in [0.4, 0.5) is 5.82 Å². The summed E-state index contributed by atoms with van der Waals surface area (Å²) in [5, 5.41) is 1.44. The van der Waals surface area contributed by atoms with Crippen molar-refractivity contribution in [2.45, 2.75) is 13.0 Å². The topological polar surface area (TPSA) is 68.3 Å². The number of rotatable bonds is 3. The number of pyridine rings is 1. The van der Waals surface area contributed by atoms with Gasteiger partial charge < -0.3 is 10.6 Å². The van der Waals surface area contributed by atoms with Gasteiger partial charge in [0.05, 0.1) is 0 Å². The van der Waals surface area contributed by atoms with Crippen LogP contribution in [0.2, 0.25) is 0 Å². The standard InChI is InChI=1S/C14H17N3O2/c1-16(2)13(18)7-8-17-12(15)9-10-5-3-4-6-11(10)14(17)19/h3-6,9H,7-8,15H2,1-2H3. The first-order chi connectivity index (χ1) is 9.00. The maximum Gasteiger partial charge on any atom is 0.259 e. The largest absolute Gasteiger partial charge is 0.385 e. The van der Waals surface area contributed by atoms with E-state index in [0.717, 1.165) is 5.39 Å². The number of nitrogen functional groups attached to an aromatic ring is 1. The molecular formula is C14H17N3O2. The van der Waals surface area contributed by atoms with Gasteiger partial charge in [0.15, 0.2) is 0 Å². The van der Waals surface area contributed by atoms with E-state index in [0.29, 0.717) is 17.7 Å². The highest BCUT2D eigenvalue weighted by atomic mass is 16.2. The van der Waals surface area contributed by atoms with E-state index in [9.17, 15) is 9.59 Å². The molecule has 1 aromatic heterocycles. The minimum Gasteiger partial charge on any atom is -0.385 e. The molecule has 1 amide bonds. The zero-order valence-electron chi connectivity index (χ0n) is 11.1. The van der Waals surface area contributed by atoms with Crippen molar-refractivity contribution in [1.82, 2.24) is 9.47 Å². The quantitative estimate of drug-likeness (QED) is 0.896. The Labute approximate surface area is 111 Å². The summed E-state index contributed by atoms with van der Waals surface area (Å²) in [6.45, 7) is 0.298. The molecule has 0 aliphatic rings. The van der Waals surface area contributed by atoms with Crippen LogP contribution in [0.3, 0.4) is 0 Å². The molecule has 0 spiro atoms.